The number of hydrogen-bond donors (Lipinski definition) is 0. The van der Waals surface area contributed by atoms with Gasteiger partial charge in [-0.15, -0.1) is 10.2 Å². The molecule has 0 N–H and O–H groups in total. The van der Waals surface area contributed by atoms with Gasteiger partial charge in [0.05, 0.1) is 0 Å². The van der Waals surface area contributed by atoms with Gasteiger partial charge < -0.3 is 0 Å². The van der Waals surface area contributed by atoms with Crippen LogP contribution in [0.2, 0.25) is 0 Å². The van der Waals surface area contributed by atoms with Crippen LogP contribution >= 0.6 is 23.2 Å². The van der Waals surface area contributed by atoms with E-state index in [9.17, 15) is 0 Å². The van der Waals surface area contributed by atoms with E-state index in [2.05, 4.69) is 16.8 Å². The van der Waals surface area contributed by atoms with E-state index in [1.165, 1.54) is 6.08 Å². The molecule has 0 bridgehead atoms. The van der Waals surface area contributed by atoms with Crippen molar-refractivity contribution in [1.82, 2.24) is 0 Å². The summed E-state index contributed by atoms with van der Waals surface area (Å²) < 4.78 is 0. The molecule has 0 aliphatic heterocycles. The van der Waals surface area contributed by atoms with Crippen LogP contribution in [-0.2, 0) is 0 Å². The highest BCUT2D eigenvalue weighted by atomic mass is 35.5. The minimum Gasteiger partial charge on any atom is -0.142 e. The molecule has 0 aromatic rings. The van der Waals surface area contributed by atoms with Crippen molar-refractivity contribution in [2.24, 2.45) is 10.2 Å². The van der Waals surface area contributed by atoms with Crippen LogP contribution in [0.15, 0.2) is 22.9 Å². The maximum atomic E-state index is 5.38. The van der Waals surface area contributed by atoms with Crippen LogP contribution in [0.25, 0.3) is 0 Å². The van der Waals surface area contributed by atoms with E-state index in [4.69, 9.17) is 23.2 Å². The Morgan fingerprint density at radius 3 is 2.33 bits per heavy atom. The van der Waals surface area contributed by atoms with Crippen molar-refractivity contribution in [1.29, 1.82) is 0 Å². The Hall–Kier alpha value is -0.340. The number of rotatable bonds is 2. The Morgan fingerprint density at radius 1 is 1.44 bits per heavy atom. The quantitative estimate of drug-likeness (QED) is 0.443. The Labute approximate surface area is 63.9 Å². The van der Waals surface area contributed by atoms with Crippen molar-refractivity contribution in [3.05, 3.63) is 12.7 Å². The number of nitrogens with zero attached hydrogens (tertiary/aromatic N) is 2. The van der Waals surface area contributed by atoms with Crippen LogP contribution in [0.3, 0.4) is 0 Å². The average Bonchev–Trinajstić information content (AvgIpc) is 1.83. The van der Waals surface area contributed by atoms with Gasteiger partial charge >= 0.3 is 0 Å². The Kier molecular flexibility index (Phi) is 4.36. The maximum Gasteiger partial charge on any atom is 0.151 e. The molecule has 50 valence electrons. The molecule has 2 nitrogen and oxygen atoms in total. The summed E-state index contributed by atoms with van der Waals surface area (Å²) in [6.07, 6.45) is 1.38. The van der Waals surface area contributed by atoms with E-state index >= 15 is 0 Å². The summed E-state index contributed by atoms with van der Waals surface area (Å²) in [5.41, 5.74) is 0. The molecular weight excluding hydrogens is 159 g/mol. The van der Waals surface area contributed by atoms with E-state index in [-0.39, 0.29) is 5.17 Å². The molecule has 4 heteroatoms. The second kappa shape index (κ2) is 4.53. The third-order valence-corrected chi connectivity index (χ3v) is 0.757. The van der Waals surface area contributed by atoms with Gasteiger partial charge in [-0.05, 0) is 13.0 Å². The third kappa shape index (κ3) is 5.53. The fourth-order valence-corrected chi connectivity index (χ4v) is 0.233. The lowest BCUT2D eigenvalue weighted by molar-refractivity contribution is 1.25. The van der Waals surface area contributed by atoms with Gasteiger partial charge in [-0.3, -0.25) is 0 Å². The second-order valence-electron chi connectivity index (χ2n) is 1.22. The van der Waals surface area contributed by atoms with Crippen LogP contribution in [0.5, 0.6) is 0 Å². The normalized spacial score (nSPS) is 13.7. The Morgan fingerprint density at radius 2 is 2.00 bits per heavy atom. The van der Waals surface area contributed by atoms with E-state index < -0.39 is 0 Å². The summed E-state index contributed by atoms with van der Waals surface area (Å²) in [7, 11) is 0. The lowest BCUT2D eigenvalue weighted by atomic mass is 10.7. The zero-order chi connectivity index (χ0) is 7.28. The monoisotopic (exact) mass is 164 g/mol. The highest BCUT2D eigenvalue weighted by Crippen LogP contribution is 1.90. The summed E-state index contributed by atoms with van der Waals surface area (Å²) >= 11 is 10.7. The number of halogens is 2. The first kappa shape index (κ1) is 8.66. The highest BCUT2D eigenvalue weighted by molar-refractivity contribution is 6.68. The molecule has 0 aromatic heterocycles. The van der Waals surface area contributed by atoms with Gasteiger partial charge in [-0.1, -0.05) is 29.8 Å². The first-order chi connectivity index (χ1) is 4.16. The molecule has 9 heavy (non-hydrogen) atoms. The summed E-state index contributed by atoms with van der Waals surface area (Å²) in [5.74, 6) is 0. The van der Waals surface area contributed by atoms with Crippen LogP contribution in [0, 0.1) is 0 Å². The van der Waals surface area contributed by atoms with Crippen molar-refractivity contribution < 1.29 is 0 Å². The van der Waals surface area contributed by atoms with Crippen molar-refractivity contribution in [2.75, 3.05) is 0 Å². The maximum absolute atomic E-state index is 5.38. The fraction of sp³-hybridized carbons (Fsp3) is 0.200. The molecular formula is C5H6Cl2N2. The molecule has 0 saturated heterocycles. The molecule has 0 amide bonds. The average molecular weight is 165 g/mol. The predicted octanol–water partition coefficient (Wildman–Crippen LogP) is 2.38. The smallest absolute Gasteiger partial charge is 0.142 e. The zero-order valence-corrected chi connectivity index (χ0v) is 6.45. The number of allylic oxidation sites excluding steroid dienone is 1. The molecule has 0 aromatic carbocycles. The lowest BCUT2D eigenvalue weighted by Crippen LogP contribution is -1.77. The predicted molar refractivity (Wildman–Crippen MR) is 42.4 cm³/mol. The minimum atomic E-state index is 0.231. The van der Waals surface area contributed by atoms with Crippen LogP contribution in [0.4, 0.5) is 0 Å². The van der Waals surface area contributed by atoms with Gasteiger partial charge in [0.25, 0.3) is 0 Å². The molecule has 0 unspecified atom stereocenters. The fourth-order valence-electron chi connectivity index (χ4n) is 0.157. The van der Waals surface area contributed by atoms with Crippen molar-refractivity contribution >= 4 is 33.5 Å². The van der Waals surface area contributed by atoms with Crippen molar-refractivity contribution in [3.8, 4) is 0 Å². The topological polar surface area (TPSA) is 24.7 Å². The van der Waals surface area contributed by atoms with Gasteiger partial charge in [-0.25, -0.2) is 0 Å². The zero-order valence-electron chi connectivity index (χ0n) is 4.93. The number of hydrogen-bond acceptors (Lipinski definition) is 2. The van der Waals surface area contributed by atoms with E-state index in [0.717, 1.165) is 0 Å². The van der Waals surface area contributed by atoms with Gasteiger partial charge in [0, 0.05) is 0 Å². The van der Waals surface area contributed by atoms with Crippen LogP contribution in [-0.4, -0.2) is 10.3 Å². The molecule has 0 heterocycles. The third-order valence-electron chi connectivity index (χ3n) is 0.452. The first-order valence-electron chi connectivity index (χ1n) is 2.22. The van der Waals surface area contributed by atoms with E-state index in [1.807, 2.05) is 0 Å². The molecule has 0 aliphatic carbocycles. The van der Waals surface area contributed by atoms with E-state index in [1.54, 1.807) is 6.92 Å². The second-order valence-corrected chi connectivity index (χ2v) is 2.16. The SMILES string of the molecule is C=C/C(Cl)=N\N=C(/C)Cl. The molecule has 0 radical (unpaired) electrons. The van der Waals surface area contributed by atoms with Crippen molar-refractivity contribution in [2.45, 2.75) is 6.92 Å². The largest absolute Gasteiger partial charge is 0.151 e. The Bertz CT molecular complexity index is 156. The first-order valence-corrected chi connectivity index (χ1v) is 2.98. The molecule has 0 rings (SSSR count). The lowest BCUT2D eigenvalue weighted by Gasteiger charge is -1.80. The molecule has 0 atom stereocenters. The summed E-state index contributed by atoms with van der Waals surface area (Å²) in [6.45, 7) is 4.97. The molecule has 0 spiro atoms. The highest BCUT2D eigenvalue weighted by Gasteiger charge is 1.81. The summed E-state index contributed by atoms with van der Waals surface area (Å²) in [4.78, 5) is 0. The molecule has 0 fully saturated rings. The van der Waals surface area contributed by atoms with Gasteiger partial charge in [-0.2, -0.15) is 0 Å². The van der Waals surface area contributed by atoms with Gasteiger partial charge in [0.15, 0.2) is 5.17 Å². The Balaban J connectivity index is 3.98. The van der Waals surface area contributed by atoms with E-state index in [0.29, 0.717) is 5.17 Å². The minimum absolute atomic E-state index is 0.231. The molecule has 0 aliphatic rings. The van der Waals surface area contributed by atoms with Crippen LogP contribution < -0.4 is 0 Å². The van der Waals surface area contributed by atoms with Crippen LogP contribution in [0.1, 0.15) is 6.92 Å². The van der Waals surface area contributed by atoms with Gasteiger partial charge in [0.2, 0.25) is 0 Å². The summed E-state index contributed by atoms with van der Waals surface area (Å²) in [5, 5.41) is 7.50. The standard InChI is InChI=1S/C5H6Cl2N2/c1-3-5(7)9-8-4(2)6/h3H,1H2,2H3/b8-4+,9-5+. The molecule has 0 saturated carbocycles. The summed E-state index contributed by atoms with van der Waals surface area (Å²) in [6, 6.07) is 0. The van der Waals surface area contributed by atoms with Gasteiger partial charge in [0.1, 0.15) is 5.17 Å². The van der Waals surface area contributed by atoms with Crippen molar-refractivity contribution in [3.63, 3.8) is 0 Å².